The predicted octanol–water partition coefficient (Wildman–Crippen LogP) is 0.582. The number of likely N-dealkylation sites (N-methyl/N-ethyl adjacent to an activating group) is 1. The van der Waals surface area contributed by atoms with Gasteiger partial charge in [-0.2, -0.15) is 4.98 Å². The van der Waals surface area contributed by atoms with Crippen LogP contribution < -0.4 is 16.6 Å². The van der Waals surface area contributed by atoms with Crippen molar-refractivity contribution in [3.05, 3.63) is 57.1 Å². The molecule has 25 heavy (non-hydrogen) atoms. The van der Waals surface area contributed by atoms with E-state index in [0.717, 1.165) is 11.1 Å². The SMILES string of the molecule is CN(C)CCNc1ncc2c(=O)n(-c3ccc(F)cc3)c(=O)[nH]c2n1. The van der Waals surface area contributed by atoms with Gasteiger partial charge in [0, 0.05) is 19.3 Å². The summed E-state index contributed by atoms with van der Waals surface area (Å²) in [7, 11) is 3.89. The Morgan fingerprint density at radius 2 is 1.96 bits per heavy atom. The largest absolute Gasteiger partial charge is 0.353 e. The van der Waals surface area contributed by atoms with E-state index in [2.05, 4.69) is 20.3 Å². The Balaban J connectivity index is 2.02. The highest BCUT2D eigenvalue weighted by molar-refractivity contribution is 5.73. The van der Waals surface area contributed by atoms with Crippen molar-refractivity contribution in [2.24, 2.45) is 0 Å². The van der Waals surface area contributed by atoms with Gasteiger partial charge in [0.1, 0.15) is 11.2 Å². The molecule has 1 aromatic carbocycles. The van der Waals surface area contributed by atoms with E-state index in [1.165, 1.54) is 30.5 Å². The van der Waals surface area contributed by atoms with Crippen molar-refractivity contribution in [1.29, 1.82) is 0 Å². The number of H-pyrrole nitrogens is 1. The summed E-state index contributed by atoms with van der Waals surface area (Å²) in [5.41, 5.74) is -0.800. The number of nitrogens with one attached hydrogen (secondary N) is 2. The number of hydrogen-bond donors (Lipinski definition) is 2. The van der Waals surface area contributed by atoms with Crippen LogP contribution in [0.2, 0.25) is 0 Å². The highest BCUT2D eigenvalue weighted by atomic mass is 19.1. The Hall–Kier alpha value is -3.07. The molecule has 0 saturated heterocycles. The third-order valence-corrected chi connectivity index (χ3v) is 3.58. The van der Waals surface area contributed by atoms with Crippen molar-refractivity contribution in [3.8, 4) is 5.69 Å². The van der Waals surface area contributed by atoms with Gasteiger partial charge in [-0.05, 0) is 38.4 Å². The topological polar surface area (TPSA) is 95.9 Å². The molecule has 0 saturated carbocycles. The van der Waals surface area contributed by atoms with Crippen LogP contribution in [0, 0.1) is 5.82 Å². The second-order valence-electron chi connectivity index (χ2n) is 5.73. The van der Waals surface area contributed by atoms with Gasteiger partial charge in [0.2, 0.25) is 5.95 Å². The molecule has 0 radical (unpaired) electrons. The van der Waals surface area contributed by atoms with Crippen molar-refractivity contribution in [3.63, 3.8) is 0 Å². The average molecular weight is 344 g/mol. The van der Waals surface area contributed by atoms with Crippen molar-refractivity contribution < 1.29 is 4.39 Å². The van der Waals surface area contributed by atoms with E-state index in [1.807, 2.05) is 19.0 Å². The first-order chi connectivity index (χ1) is 12.0. The summed E-state index contributed by atoms with van der Waals surface area (Å²) in [4.78, 5) is 37.7. The summed E-state index contributed by atoms with van der Waals surface area (Å²) in [6, 6.07) is 5.07. The third kappa shape index (κ3) is 3.56. The molecule has 0 bridgehead atoms. The van der Waals surface area contributed by atoms with E-state index < -0.39 is 17.1 Å². The van der Waals surface area contributed by atoms with Gasteiger partial charge in [-0.25, -0.2) is 18.7 Å². The van der Waals surface area contributed by atoms with Crippen molar-refractivity contribution in [2.75, 3.05) is 32.5 Å². The number of halogens is 1. The third-order valence-electron chi connectivity index (χ3n) is 3.58. The zero-order chi connectivity index (χ0) is 18.0. The van der Waals surface area contributed by atoms with E-state index in [4.69, 9.17) is 0 Å². The fraction of sp³-hybridized carbons (Fsp3) is 0.250. The van der Waals surface area contributed by atoms with Crippen molar-refractivity contribution in [1.82, 2.24) is 24.4 Å². The molecule has 0 spiro atoms. The van der Waals surface area contributed by atoms with Crippen LogP contribution in [0.4, 0.5) is 10.3 Å². The molecule has 2 N–H and O–H groups in total. The minimum atomic E-state index is -0.651. The van der Waals surface area contributed by atoms with Crippen LogP contribution in [0.25, 0.3) is 16.7 Å². The summed E-state index contributed by atoms with van der Waals surface area (Å²) in [5, 5.41) is 3.19. The minimum absolute atomic E-state index is 0.149. The first-order valence-electron chi connectivity index (χ1n) is 7.62. The number of nitrogens with zero attached hydrogens (tertiary/aromatic N) is 4. The molecule has 0 aliphatic carbocycles. The molecule has 0 aliphatic rings. The zero-order valence-electron chi connectivity index (χ0n) is 13.8. The lowest BCUT2D eigenvalue weighted by atomic mass is 10.3. The Kier molecular flexibility index (Phi) is 4.57. The molecule has 2 aromatic heterocycles. The van der Waals surface area contributed by atoms with Gasteiger partial charge < -0.3 is 10.2 Å². The molecule has 2 heterocycles. The van der Waals surface area contributed by atoms with Crippen molar-refractivity contribution in [2.45, 2.75) is 0 Å². The normalized spacial score (nSPS) is 11.2. The van der Waals surface area contributed by atoms with Gasteiger partial charge >= 0.3 is 5.69 Å². The van der Waals surface area contributed by atoms with Gasteiger partial charge in [0.05, 0.1) is 5.69 Å². The molecule has 130 valence electrons. The molecular weight excluding hydrogens is 327 g/mol. The number of fused-ring (bicyclic) bond motifs is 1. The molecule has 0 aliphatic heterocycles. The Morgan fingerprint density at radius 1 is 1.24 bits per heavy atom. The predicted molar refractivity (Wildman–Crippen MR) is 92.8 cm³/mol. The summed E-state index contributed by atoms with van der Waals surface area (Å²) in [6.07, 6.45) is 1.36. The first-order valence-corrected chi connectivity index (χ1v) is 7.62. The maximum atomic E-state index is 13.0. The van der Waals surface area contributed by atoms with Crippen LogP contribution in [-0.4, -0.2) is 51.6 Å². The van der Waals surface area contributed by atoms with Gasteiger partial charge in [-0.15, -0.1) is 0 Å². The molecule has 0 amide bonds. The van der Waals surface area contributed by atoms with Gasteiger partial charge in [-0.1, -0.05) is 0 Å². The van der Waals surface area contributed by atoms with Gasteiger partial charge in [0.25, 0.3) is 5.56 Å². The van der Waals surface area contributed by atoms with Crippen molar-refractivity contribution >= 4 is 17.0 Å². The van der Waals surface area contributed by atoms with E-state index in [0.29, 0.717) is 12.5 Å². The number of benzene rings is 1. The number of hydrogen-bond acceptors (Lipinski definition) is 6. The van der Waals surface area contributed by atoms with Crippen LogP contribution in [0.5, 0.6) is 0 Å². The summed E-state index contributed by atoms with van der Waals surface area (Å²) < 4.78 is 14.0. The number of anilines is 1. The molecule has 8 nitrogen and oxygen atoms in total. The van der Waals surface area contributed by atoms with Crippen LogP contribution in [-0.2, 0) is 0 Å². The fourth-order valence-electron chi connectivity index (χ4n) is 2.30. The molecule has 0 fully saturated rings. The van der Waals surface area contributed by atoms with Crippen LogP contribution in [0.3, 0.4) is 0 Å². The highest BCUT2D eigenvalue weighted by Gasteiger charge is 2.11. The number of aromatic nitrogens is 4. The first kappa shape index (κ1) is 16.8. The van der Waals surface area contributed by atoms with E-state index in [-0.39, 0.29) is 16.7 Å². The highest BCUT2D eigenvalue weighted by Crippen LogP contribution is 2.08. The summed E-state index contributed by atoms with van der Waals surface area (Å²) >= 11 is 0. The van der Waals surface area contributed by atoms with Crippen LogP contribution in [0.1, 0.15) is 0 Å². The maximum Gasteiger partial charge on any atom is 0.334 e. The van der Waals surface area contributed by atoms with Crippen LogP contribution >= 0.6 is 0 Å². The van der Waals surface area contributed by atoms with E-state index >= 15 is 0 Å². The summed E-state index contributed by atoms with van der Waals surface area (Å²) in [6.45, 7) is 1.40. The molecule has 0 atom stereocenters. The maximum absolute atomic E-state index is 13.0. The molecule has 3 aromatic rings. The lowest BCUT2D eigenvalue weighted by Gasteiger charge is -2.10. The molecule has 3 rings (SSSR count). The fourth-order valence-corrected chi connectivity index (χ4v) is 2.30. The van der Waals surface area contributed by atoms with E-state index in [1.54, 1.807) is 0 Å². The molecule has 9 heteroatoms. The number of aromatic amines is 1. The van der Waals surface area contributed by atoms with Gasteiger partial charge in [-0.3, -0.25) is 9.78 Å². The van der Waals surface area contributed by atoms with Gasteiger partial charge in [0.15, 0.2) is 5.65 Å². The second-order valence-corrected chi connectivity index (χ2v) is 5.73. The van der Waals surface area contributed by atoms with E-state index in [9.17, 15) is 14.0 Å². The lowest BCUT2D eigenvalue weighted by molar-refractivity contribution is 0.425. The Labute approximate surface area is 142 Å². The monoisotopic (exact) mass is 344 g/mol. The quantitative estimate of drug-likeness (QED) is 0.703. The second kappa shape index (κ2) is 6.81. The minimum Gasteiger partial charge on any atom is -0.353 e. The standard InChI is InChI=1S/C16H17FN6O2/c1-22(2)8-7-18-15-19-9-12-13(20-15)21-16(25)23(14(12)24)11-5-3-10(17)4-6-11/h3-6,9H,7-8H2,1-2H3,(H2,18,19,20,21,25). The number of rotatable bonds is 5. The summed E-state index contributed by atoms with van der Waals surface area (Å²) in [5.74, 6) is -0.130. The average Bonchev–Trinajstić information content (AvgIpc) is 2.56. The zero-order valence-corrected chi connectivity index (χ0v) is 13.8. The molecule has 0 unspecified atom stereocenters. The molecular formula is C16H17FN6O2. The van der Waals surface area contributed by atoms with Crippen LogP contribution in [0.15, 0.2) is 40.1 Å². The Bertz CT molecular complexity index is 1010. The smallest absolute Gasteiger partial charge is 0.334 e. The lowest BCUT2D eigenvalue weighted by Crippen LogP contribution is -2.34. The Morgan fingerprint density at radius 3 is 2.64 bits per heavy atom.